The van der Waals surface area contributed by atoms with E-state index in [9.17, 15) is 4.79 Å². The molecule has 2 aliphatic rings. The number of carbonyl (C=O) groups is 1. The number of hydrogen-bond donors (Lipinski definition) is 1. The second-order valence-corrected chi connectivity index (χ2v) is 6.95. The summed E-state index contributed by atoms with van der Waals surface area (Å²) < 4.78 is 0. The summed E-state index contributed by atoms with van der Waals surface area (Å²) in [6.07, 6.45) is 3.68. The predicted octanol–water partition coefficient (Wildman–Crippen LogP) is 2.13. The summed E-state index contributed by atoms with van der Waals surface area (Å²) in [7, 11) is 1.89. The van der Waals surface area contributed by atoms with E-state index in [0.717, 1.165) is 19.5 Å². The minimum Gasteiger partial charge on any atom is -0.340 e. The second-order valence-electron chi connectivity index (χ2n) is 6.95. The van der Waals surface area contributed by atoms with Crippen LogP contribution in [0.3, 0.4) is 0 Å². The molecule has 0 spiro atoms. The molecule has 1 amide bonds. The quantitative estimate of drug-likeness (QED) is 0.915. The molecule has 1 aromatic carbocycles. The van der Waals surface area contributed by atoms with Crippen LogP contribution in [-0.2, 0) is 11.3 Å². The first-order valence-corrected chi connectivity index (χ1v) is 8.39. The maximum Gasteiger partial charge on any atom is 0.236 e. The maximum atomic E-state index is 12.4. The van der Waals surface area contributed by atoms with Gasteiger partial charge in [-0.05, 0) is 30.2 Å². The van der Waals surface area contributed by atoms with Gasteiger partial charge in [0.25, 0.3) is 0 Å². The summed E-state index contributed by atoms with van der Waals surface area (Å²) in [6.45, 7) is 3.25. The van der Waals surface area contributed by atoms with Gasteiger partial charge in [0.1, 0.15) is 0 Å². The average Bonchev–Trinajstić information content (AvgIpc) is 2.92. The van der Waals surface area contributed by atoms with E-state index in [1.165, 1.54) is 18.4 Å². The van der Waals surface area contributed by atoms with Crippen LogP contribution in [0.1, 0.15) is 24.8 Å². The van der Waals surface area contributed by atoms with Crippen LogP contribution in [0.15, 0.2) is 30.3 Å². The van der Waals surface area contributed by atoms with Crippen LogP contribution < -0.4 is 5.73 Å². The third-order valence-electron chi connectivity index (χ3n) is 5.28. The summed E-state index contributed by atoms with van der Waals surface area (Å²) >= 11 is 0. The van der Waals surface area contributed by atoms with Crippen molar-refractivity contribution in [3.8, 4) is 0 Å². The van der Waals surface area contributed by atoms with Crippen molar-refractivity contribution in [3.05, 3.63) is 35.9 Å². The van der Waals surface area contributed by atoms with E-state index in [1.54, 1.807) is 0 Å². The molecule has 1 heterocycles. The molecular formula is C18H28ClN3O. The lowest BCUT2D eigenvalue weighted by Gasteiger charge is -2.29. The monoisotopic (exact) mass is 337 g/mol. The van der Waals surface area contributed by atoms with E-state index in [4.69, 9.17) is 5.73 Å². The first-order valence-electron chi connectivity index (χ1n) is 8.39. The molecule has 3 rings (SSSR count). The van der Waals surface area contributed by atoms with E-state index in [1.807, 2.05) is 30.1 Å². The summed E-state index contributed by atoms with van der Waals surface area (Å²) in [5.74, 6) is 1.51. The highest BCUT2D eigenvalue weighted by atomic mass is 35.5. The molecule has 4 nitrogen and oxygen atoms in total. The number of amides is 1. The minimum absolute atomic E-state index is 0. The summed E-state index contributed by atoms with van der Waals surface area (Å²) in [6, 6.07) is 10.5. The van der Waals surface area contributed by atoms with Gasteiger partial charge in [0.15, 0.2) is 0 Å². The number of rotatable bonds is 4. The standard InChI is InChI=1S/C18H27N3O.ClH/c1-20(10-14-6-3-2-4-7-14)18(22)13-21-11-15-8-5-9-17(19)16(15)12-21;/h2-4,6-7,15-17H,5,8-13,19H2,1H3;1H. The van der Waals surface area contributed by atoms with Gasteiger partial charge in [-0.2, -0.15) is 0 Å². The zero-order valence-corrected chi connectivity index (χ0v) is 14.7. The van der Waals surface area contributed by atoms with Crippen LogP contribution in [0.4, 0.5) is 0 Å². The zero-order chi connectivity index (χ0) is 15.5. The van der Waals surface area contributed by atoms with Crippen molar-refractivity contribution in [2.75, 3.05) is 26.7 Å². The largest absolute Gasteiger partial charge is 0.340 e. The number of fused-ring (bicyclic) bond motifs is 1. The number of carbonyl (C=O) groups excluding carboxylic acids is 1. The van der Waals surface area contributed by atoms with Crippen LogP contribution in [0.25, 0.3) is 0 Å². The van der Waals surface area contributed by atoms with Crippen LogP contribution in [0.5, 0.6) is 0 Å². The Morgan fingerprint density at radius 3 is 2.70 bits per heavy atom. The number of hydrogen-bond acceptors (Lipinski definition) is 3. The van der Waals surface area contributed by atoms with Crippen molar-refractivity contribution in [2.24, 2.45) is 17.6 Å². The Balaban J connectivity index is 0.00000192. The molecule has 128 valence electrons. The molecule has 0 radical (unpaired) electrons. The number of benzene rings is 1. The van der Waals surface area contributed by atoms with Crippen LogP contribution in [-0.4, -0.2) is 48.4 Å². The fourth-order valence-electron chi connectivity index (χ4n) is 4.00. The third-order valence-corrected chi connectivity index (χ3v) is 5.28. The van der Waals surface area contributed by atoms with Gasteiger partial charge in [0, 0.05) is 32.7 Å². The van der Waals surface area contributed by atoms with Crippen molar-refractivity contribution in [1.82, 2.24) is 9.80 Å². The number of nitrogens with two attached hydrogens (primary N) is 1. The van der Waals surface area contributed by atoms with Crippen molar-refractivity contribution in [1.29, 1.82) is 0 Å². The first kappa shape index (κ1) is 18.2. The van der Waals surface area contributed by atoms with Gasteiger partial charge in [0.2, 0.25) is 5.91 Å². The molecule has 23 heavy (non-hydrogen) atoms. The highest BCUT2D eigenvalue weighted by Crippen LogP contribution is 2.35. The molecule has 1 aliphatic carbocycles. The molecular weight excluding hydrogens is 310 g/mol. The van der Waals surface area contributed by atoms with E-state index in [2.05, 4.69) is 17.0 Å². The lowest BCUT2D eigenvalue weighted by Crippen LogP contribution is -2.39. The van der Waals surface area contributed by atoms with Gasteiger partial charge in [-0.25, -0.2) is 0 Å². The van der Waals surface area contributed by atoms with Crippen LogP contribution in [0, 0.1) is 11.8 Å². The van der Waals surface area contributed by atoms with Crippen molar-refractivity contribution in [2.45, 2.75) is 31.8 Å². The molecule has 1 aliphatic heterocycles. The Hall–Kier alpha value is -1.10. The molecule has 0 bridgehead atoms. The Kier molecular flexibility index (Phi) is 6.45. The third kappa shape index (κ3) is 4.46. The highest BCUT2D eigenvalue weighted by Gasteiger charge is 2.39. The van der Waals surface area contributed by atoms with Crippen molar-refractivity contribution in [3.63, 3.8) is 0 Å². The molecule has 2 N–H and O–H groups in total. The van der Waals surface area contributed by atoms with Gasteiger partial charge >= 0.3 is 0 Å². The van der Waals surface area contributed by atoms with E-state index < -0.39 is 0 Å². The Morgan fingerprint density at radius 1 is 1.26 bits per heavy atom. The number of likely N-dealkylation sites (tertiary alicyclic amines) is 1. The van der Waals surface area contributed by atoms with Crippen LogP contribution in [0.2, 0.25) is 0 Å². The number of halogens is 1. The van der Waals surface area contributed by atoms with Gasteiger partial charge in [-0.1, -0.05) is 36.8 Å². The minimum atomic E-state index is 0. The number of nitrogens with zero attached hydrogens (tertiary/aromatic N) is 2. The molecule has 1 aromatic rings. The molecule has 1 saturated heterocycles. The smallest absolute Gasteiger partial charge is 0.236 e. The maximum absolute atomic E-state index is 12.4. The summed E-state index contributed by atoms with van der Waals surface area (Å²) in [5.41, 5.74) is 7.43. The van der Waals surface area contributed by atoms with Gasteiger partial charge in [-0.15, -0.1) is 12.4 Å². The molecule has 2 fully saturated rings. The highest BCUT2D eigenvalue weighted by molar-refractivity contribution is 5.85. The predicted molar refractivity (Wildman–Crippen MR) is 95.4 cm³/mol. The molecule has 3 atom stereocenters. The Bertz CT molecular complexity index is 510. The van der Waals surface area contributed by atoms with E-state index in [-0.39, 0.29) is 18.3 Å². The fraction of sp³-hybridized carbons (Fsp3) is 0.611. The molecule has 3 unspecified atom stereocenters. The number of likely N-dealkylation sites (N-methyl/N-ethyl adjacent to an activating group) is 1. The normalized spacial score (nSPS) is 27.1. The molecule has 5 heteroatoms. The summed E-state index contributed by atoms with van der Waals surface area (Å²) in [5, 5.41) is 0. The van der Waals surface area contributed by atoms with E-state index >= 15 is 0 Å². The average molecular weight is 338 g/mol. The first-order chi connectivity index (χ1) is 10.6. The zero-order valence-electron chi connectivity index (χ0n) is 13.9. The van der Waals surface area contributed by atoms with Gasteiger partial charge in [0.05, 0.1) is 6.54 Å². The van der Waals surface area contributed by atoms with Crippen molar-refractivity contribution < 1.29 is 4.79 Å². The topological polar surface area (TPSA) is 49.6 Å². The van der Waals surface area contributed by atoms with Crippen LogP contribution >= 0.6 is 12.4 Å². The molecule has 1 saturated carbocycles. The Morgan fingerprint density at radius 2 is 2.00 bits per heavy atom. The SMILES string of the molecule is CN(Cc1ccccc1)C(=O)CN1CC2CCCC(N)C2C1.Cl. The van der Waals surface area contributed by atoms with Gasteiger partial charge in [-0.3, -0.25) is 9.69 Å². The lowest BCUT2D eigenvalue weighted by molar-refractivity contribution is -0.131. The summed E-state index contributed by atoms with van der Waals surface area (Å²) in [4.78, 5) is 16.6. The van der Waals surface area contributed by atoms with E-state index in [0.29, 0.717) is 31.0 Å². The lowest BCUT2D eigenvalue weighted by atomic mass is 9.78. The van der Waals surface area contributed by atoms with Gasteiger partial charge < -0.3 is 10.6 Å². The molecule has 0 aromatic heterocycles. The Labute approximate surface area is 145 Å². The fourth-order valence-corrected chi connectivity index (χ4v) is 4.00. The second kappa shape index (κ2) is 8.13. The van der Waals surface area contributed by atoms with Crippen molar-refractivity contribution >= 4 is 18.3 Å².